The van der Waals surface area contributed by atoms with Gasteiger partial charge in [0.2, 0.25) is 0 Å². The molecule has 1 aromatic heterocycles. The highest BCUT2D eigenvalue weighted by Gasteiger charge is 2.10. The molecule has 0 saturated heterocycles. The van der Waals surface area contributed by atoms with Crippen LogP contribution in [0.15, 0.2) is 30.9 Å². The number of rotatable bonds is 4. The number of hydrogen-bond donors (Lipinski definition) is 2. The molecule has 100 valence electrons. The van der Waals surface area contributed by atoms with E-state index < -0.39 is 0 Å². The largest absolute Gasteiger partial charge is 0.398 e. The number of nitrogens with one attached hydrogen (secondary N) is 1. The third-order valence-electron chi connectivity index (χ3n) is 3.07. The Morgan fingerprint density at radius 1 is 1.37 bits per heavy atom. The molecule has 1 amide bonds. The number of aromatic nitrogens is 2. The summed E-state index contributed by atoms with van der Waals surface area (Å²) in [6, 6.07) is 3.66. The third kappa shape index (κ3) is 3.13. The van der Waals surface area contributed by atoms with Crippen molar-refractivity contribution in [3.05, 3.63) is 47.5 Å². The van der Waals surface area contributed by atoms with E-state index in [-0.39, 0.29) is 5.91 Å². The van der Waals surface area contributed by atoms with Crippen molar-refractivity contribution in [2.45, 2.75) is 20.4 Å². The molecule has 0 aliphatic heterocycles. The van der Waals surface area contributed by atoms with E-state index in [0.717, 1.165) is 11.1 Å². The first-order chi connectivity index (χ1) is 9.08. The average Bonchev–Trinajstić information content (AvgIpc) is 2.86. The van der Waals surface area contributed by atoms with Gasteiger partial charge in [-0.1, -0.05) is 6.07 Å². The summed E-state index contributed by atoms with van der Waals surface area (Å²) in [5.74, 6) is -0.0932. The molecule has 0 atom stereocenters. The molecule has 3 N–H and O–H groups in total. The minimum atomic E-state index is -0.0932. The summed E-state index contributed by atoms with van der Waals surface area (Å²) < 4.78 is 1.91. The predicted molar refractivity (Wildman–Crippen MR) is 74.9 cm³/mol. The molecule has 0 fully saturated rings. The number of nitrogen functional groups attached to an aromatic ring is 1. The average molecular weight is 258 g/mol. The van der Waals surface area contributed by atoms with E-state index in [4.69, 9.17) is 5.73 Å². The zero-order chi connectivity index (χ0) is 13.8. The molecule has 0 aliphatic rings. The van der Waals surface area contributed by atoms with Crippen LogP contribution in [0.4, 0.5) is 5.69 Å². The zero-order valence-electron chi connectivity index (χ0n) is 11.2. The fourth-order valence-electron chi connectivity index (χ4n) is 1.93. The first-order valence-electron chi connectivity index (χ1n) is 6.18. The lowest BCUT2D eigenvalue weighted by molar-refractivity contribution is 0.0951. The Morgan fingerprint density at radius 3 is 2.84 bits per heavy atom. The number of amides is 1. The predicted octanol–water partition coefficient (Wildman–Crippen LogP) is 1.51. The van der Waals surface area contributed by atoms with Crippen LogP contribution in [-0.2, 0) is 6.54 Å². The molecule has 2 rings (SSSR count). The molecule has 0 aliphatic carbocycles. The summed E-state index contributed by atoms with van der Waals surface area (Å²) in [7, 11) is 0. The Bertz CT molecular complexity index is 575. The number of imidazole rings is 1. The van der Waals surface area contributed by atoms with E-state index >= 15 is 0 Å². The maximum Gasteiger partial charge on any atom is 0.251 e. The van der Waals surface area contributed by atoms with Gasteiger partial charge in [0.15, 0.2) is 0 Å². The fourth-order valence-corrected chi connectivity index (χ4v) is 1.93. The lowest BCUT2D eigenvalue weighted by atomic mass is 10.0. The highest BCUT2D eigenvalue weighted by molar-refractivity contribution is 5.96. The summed E-state index contributed by atoms with van der Waals surface area (Å²) in [5.41, 5.74) is 9.05. The van der Waals surface area contributed by atoms with Gasteiger partial charge in [0, 0.05) is 36.7 Å². The smallest absolute Gasteiger partial charge is 0.251 e. The van der Waals surface area contributed by atoms with Gasteiger partial charge in [-0.25, -0.2) is 4.98 Å². The quantitative estimate of drug-likeness (QED) is 0.816. The number of hydrogen-bond acceptors (Lipinski definition) is 3. The first kappa shape index (κ1) is 13.1. The molecule has 5 heteroatoms. The Balaban J connectivity index is 1.98. The van der Waals surface area contributed by atoms with Crippen molar-refractivity contribution in [1.82, 2.24) is 14.9 Å². The van der Waals surface area contributed by atoms with Gasteiger partial charge in [-0.05, 0) is 31.0 Å². The summed E-state index contributed by atoms with van der Waals surface area (Å²) in [4.78, 5) is 16.0. The standard InChI is InChI=1S/C14H18N4O/c1-10-7-11(2)13(15)8-12(10)14(19)17-4-6-18-5-3-16-9-18/h3,5,7-9H,4,6,15H2,1-2H3,(H,17,19). The Kier molecular flexibility index (Phi) is 3.85. The van der Waals surface area contributed by atoms with Crippen LogP contribution in [0.5, 0.6) is 0 Å². The number of benzene rings is 1. The minimum absolute atomic E-state index is 0.0932. The number of carbonyl (C=O) groups is 1. The topological polar surface area (TPSA) is 72.9 Å². The van der Waals surface area contributed by atoms with Crippen molar-refractivity contribution in [2.75, 3.05) is 12.3 Å². The van der Waals surface area contributed by atoms with Crippen molar-refractivity contribution in [3.63, 3.8) is 0 Å². The van der Waals surface area contributed by atoms with Crippen LogP contribution < -0.4 is 11.1 Å². The zero-order valence-corrected chi connectivity index (χ0v) is 11.2. The van der Waals surface area contributed by atoms with Crippen LogP contribution in [0.25, 0.3) is 0 Å². The summed E-state index contributed by atoms with van der Waals surface area (Å²) >= 11 is 0. The molecule has 1 aromatic carbocycles. The van der Waals surface area contributed by atoms with E-state index in [0.29, 0.717) is 24.3 Å². The van der Waals surface area contributed by atoms with Gasteiger partial charge in [0.25, 0.3) is 5.91 Å². The SMILES string of the molecule is Cc1cc(C)c(C(=O)NCCn2ccnc2)cc1N. The maximum atomic E-state index is 12.1. The number of nitrogens with zero attached hydrogens (tertiary/aromatic N) is 2. The van der Waals surface area contributed by atoms with E-state index in [1.165, 1.54) is 0 Å². The molecule has 5 nitrogen and oxygen atoms in total. The van der Waals surface area contributed by atoms with Crippen LogP contribution in [-0.4, -0.2) is 22.0 Å². The highest BCUT2D eigenvalue weighted by Crippen LogP contribution is 2.17. The molecule has 2 aromatic rings. The second-order valence-electron chi connectivity index (χ2n) is 4.58. The Morgan fingerprint density at radius 2 is 2.16 bits per heavy atom. The minimum Gasteiger partial charge on any atom is -0.398 e. The van der Waals surface area contributed by atoms with Crippen molar-refractivity contribution >= 4 is 11.6 Å². The number of nitrogens with two attached hydrogens (primary N) is 1. The van der Waals surface area contributed by atoms with Gasteiger partial charge in [-0.15, -0.1) is 0 Å². The summed E-state index contributed by atoms with van der Waals surface area (Å²) in [5, 5.41) is 2.88. The summed E-state index contributed by atoms with van der Waals surface area (Å²) in [6.45, 7) is 5.11. The first-order valence-corrected chi connectivity index (χ1v) is 6.18. The van der Waals surface area contributed by atoms with Gasteiger partial charge in [0.05, 0.1) is 6.33 Å². The van der Waals surface area contributed by atoms with Crippen molar-refractivity contribution in [1.29, 1.82) is 0 Å². The maximum absolute atomic E-state index is 12.1. The van der Waals surface area contributed by atoms with Gasteiger partial charge in [0.1, 0.15) is 0 Å². The molecular formula is C14H18N4O. The van der Waals surface area contributed by atoms with Gasteiger partial charge >= 0.3 is 0 Å². The van der Waals surface area contributed by atoms with Crippen LogP contribution in [0.3, 0.4) is 0 Å². The van der Waals surface area contributed by atoms with Crippen molar-refractivity contribution in [2.24, 2.45) is 0 Å². The second-order valence-corrected chi connectivity index (χ2v) is 4.58. The monoisotopic (exact) mass is 258 g/mol. The third-order valence-corrected chi connectivity index (χ3v) is 3.07. The summed E-state index contributed by atoms with van der Waals surface area (Å²) in [6.07, 6.45) is 5.30. The van der Waals surface area contributed by atoms with Gasteiger partial charge in [-0.2, -0.15) is 0 Å². The molecule has 0 saturated carbocycles. The lowest BCUT2D eigenvalue weighted by Crippen LogP contribution is -2.27. The van der Waals surface area contributed by atoms with Crippen molar-refractivity contribution in [3.8, 4) is 0 Å². The Labute approximate surface area is 112 Å². The number of anilines is 1. The van der Waals surface area contributed by atoms with Crippen LogP contribution >= 0.6 is 0 Å². The number of carbonyl (C=O) groups excluding carboxylic acids is 1. The second kappa shape index (κ2) is 5.56. The van der Waals surface area contributed by atoms with Crippen LogP contribution in [0.2, 0.25) is 0 Å². The molecule has 1 heterocycles. The van der Waals surface area contributed by atoms with Crippen LogP contribution in [0.1, 0.15) is 21.5 Å². The van der Waals surface area contributed by atoms with Gasteiger partial charge < -0.3 is 15.6 Å². The fraction of sp³-hybridized carbons (Fsp3) is 0.286. The number of aryl methyl sites for hydroxylation is 2. The molecule has 0 bridgehead atoms. The normalized spacial score (nSPS) is 10.4. The van der Waals surface area contributed by atoms with E-state index in [2.05, 4.69) is 10.3 Å². The molecule has 19 heavy (non-hydrogen) atoms. The van der Waals surface area contributed by atoms with Crippen LogP contribution in [0, 0.1) is 13.8 Å². The van der Waals surface area contributed by atoms with Crippen molar-refractivity contribution < 1.29 is 4.79 Å². The van der Waals surface area contributed by atoms with Gasteiger partial charge in [-0.3, -0.25) is 4.79 Å². The lowest BCUT2D eigenvalue weighted by Gasteiger charge is -2.10. The molecule has 0 radical (unpaired) electrons. The Hall–Kier alpha value is -2.30. The van der Waals surface area contributed by atoms with E-state index in [9.17, 15) is 4.79 Å². The van der Waals surface area contributed by atoms with E-state index in [1.807, 2.05) is 30.7 Å². The highest BCUT2D eigenvalue weighted by atomic mass is 16.1. The molecule has 0 spiro atoms. The molecular weight excluding hydrogens is 240 g/mol. The molecule has 0 unspecified atom stereocenters. The van der Waals surface area contributed by atoms with E-state index in [1.54, 1.807) is 18.6 Å².